The molecule has 1 amide bonds. The Balaban J connectivity index is 1.29. The van der Waals surface area contributed by atoms with Gasteiger partial charge in [-0.25, -0.2) is 9.78 Å². The number of oxime groups is 1. The van der Waals surface area contributed by atoms with Crippen molar-refractivity contribution in [3.63, 3.8) is 0 Å². The van der Waals surface area contributed by atoms with Crippen molar-refractivity contribution in [2.45, 2.75) is 45.4 Å². The Bertz CT molecular complexity index is 1830. The first kappa shape index (κ1) is 33.2. The molecule has 0 unspecified atom stereocenters. The van der Waals surface area contributed by atoms with Crippen LogP contribution in [-0.2, 0) is 47.5 Å². The van der Waals surface area contributed by atoms with Gasteiger partial charge in [0.1, 0.15) is 23.6 Å². The Hall–Kier alpha value is -4.17. The monoisotopic (exact) mass is 680 g/mol. The number of aliphatic carboxylic acids is 1. The van der Waals surface area contributed by atoms with Gasteiger partial charge in [-0.2, -0.15) is 18.2 Å². The number of nitrogens with one attached hydrogen (secondary N) is 1. The summed E-state index contributed by atoms with van der Waals surface area (Å²) in [6, 6.07) is 5.36. The number of rotatable bonds is 14. The van der Waals surface area contributed by atoms with Crippen LogP contribution in [0.5, 0.6) is 5.75 Å². The van der Waals surface area contributed by atoms with Crippen LogP contribution in [0.4, 0.5) is 5.13 Å². The van der Waals surface area contributed by atoms with Gasteiger partial charge < -0.3 is 25.7 Å². The molecule has 4 heterocycles. The number of nitrogen functional groups attached to an aromatic ring is 1. The third-order valence-corrected chi connectivity index (χ3v) is 9.09. The quantitative estimate of drug-likeness (QED) is 0.0591. The standard InChI is InChI=1S/C27H33N7O10S2/c1-26(2)17(23(36)34(26)44-46(39,40)41)8-20(35)22(18-11-45-25(28)30-18)31-43-21(24(37)38)10-42-16-5-6-19-15(7-16)9-33(32(19)4)14-27(3)12-29-13-27/h5-7,9,11,17,21,29H,8,10,12-14H2,1-4H3,(H3-,28,30,37,38,39,40,41)/p+1/b31-22-/t17-,21+/m1/s1. The SMILES string of the molecule is Cn1c2ccc(OC[C@H](O/N=C(\C(=O)C[C@@H]3C(=O)N(OS(=O)(=O)O)C3(C)C)c3csc(N)n3)C(=O)O)cc2c[n+]1CC1(C)CNC1. The third-order valence-electron chi connectivity index (χ3n) is 8.08. The lowest BCUT2D eigenvalue weighted by molar-refractivity contribution is -0.781. The minimum absolute atomic E-state index is 0.0115. The van der Waals surface area contributed by atoms with Crippen molar-refractivity contribution in [2.75, 3.05) is 25.4 Å². The van der Waals surface area contributed by atoms with Crippen LogP contribution >= 0.6 is 11.3 Å². The van der Waals surface area contributed by atoms with Gasteiger partial charge >= 0.3 is 16.4 Å². The van der Waals surface area contributed by atoms with E-state index in [1.165, 1.54) is 19.2 Å². The van der Waals surface area contributed by atoms with E-state index in [4.69, 9.17) is 19.9 Å². The number of benzene rings is 1. The van der Waals surface area contributed by atoms with Gasteiger partial charge in [-0.1, -0.05) is 12.1 Å². The molecular formula is C27H34N7O10S2+. The number of aromatic nitrogens is 3. The van der Waals surface area contributed by atoms with Gasteiger partial charge in [-0.05, 0) is 32.0 Å². The highest BCUT2D eigenvalue weighted by atomic mass is 32.3. The number of carbonyl (C=O) groups excluding carboxylic acids is 2. The number of nitrogens with two attached hydrogens (primary N) is 1. The maximum Gasteiger partial charge on any atom is 0.418 e. The van der Waals surface area contributed by atoms with E-state index in [1.807, 2.05) is 24.0 Å². The number of carbonyl (C=O) groups is 3. The Morgan fingerprint density at radius 3 is 2.59 bits per heavy atom. The van der Waals surface area contributed by atoms with Crippen LogP contribution in [0, 0.1) is 11.3 Å². The number of aryl methyl sites for hydroxylation is 1. The lowest BCUT2D eigenvalue weighted by Gasteiger charge is -2.50. The average Bonchev–Trinajstić information content (AvgIpc) is 3.52. The number of hydrogen-bond donors (Lipinski definition) is 4. The molecule has 17 nitrogen and oxygen atoms in total. The maximum absolute atomic E-state index is 13.4. The number of anilines is 1. The van der Waals surface area contributed by atoms with Gasteiger partial charge in [0, 0.05) is 24.9 Å². The fourth-order valence-corrected chi connectivity index (χ4v) is 6.34. The van der Waals surface area contributed by atoms with Crippen LogP contribution in [0.25, 0.3) is 10.9 Å². The van der Waals surface area contributed by atoms with E-state index in [0.29, 0.717) is 10.8 Å². The van der Waals surface area contributed by atoms with E-state index < -0.39 is 64.4 Å². The van der Waals surface area contributed by atoms with Crippen molar-refractivity contribution in [1.82, 2.24) is 20.0 Å². The zero-order valence-electron chi connectivity index (χ0n) is 25.4. The molecule has 2 fully saturated rings. The Labute approximate surface area is 267 Å². The molecule has 19 heteroatoms. The van der Waals surface area contributed by atoms with E-state index >= 15 is 0 Å². The second-order valence-corrected chi connectivity index (χ2v) is 14.0. The Kier molecular flexibility index (Phi) is 8.81. The first-order valence-corrected chi connectivity index (χ1v) is 16.3. The smallest absolute Gasteiger partial charge is 0.418 e. The number of carboxylic acids is 1. The first-order chi connectivity index (χ1) is 21.5. The lowest BCUT2D eigenvalue weighted by Crippen LogP contribution is -2.68. The summed E-state index contributed by atoms with van der Waals surface area (Å²) < 4.78 is 45.5. The second-order valence-electron chi connectivity index (χ2n) is 12.1. The topological polar surface area (TPSA) is 229 Å². The normalized spacial score (nSPS) is 19.8. The molecule has 2 aliphatic rings. The van der Waals surface area contributed by atoms with Crippen molar-refractivity contribution in [3.8, 4) is 5.75 Å². The molecule has 46 heavy (non-hydrogen) atoms. The van der Waals surface area contributed by atoms with E-state index in [1.54, 1.807) is 12.1 Å². The molecular weight excluding hydrogens is 646 g/mol. The van der Waals surface area contributed by atoms with Crippen LogP contribution in [0.3, 0.4) is 0 Å². The highest BCUT2D eigenvalue weighted by molar-refractivity contribution is 7.80. The fraction of sp³-hybridized carbons (Fsp3) is 0.481. The second kappa shape index (κ2) is 12.2. The van der Waals surface area contributed by atoms with E-state index in [-0.39, 0.29) is 16.2 Å². The number of carboxylic acid groups (broad SMARTS) is 1. The van der Waals surface area contributed by atoms with Crippen LogP contribution in [0.15, 0.2) is 34.9 Å². The molecule has 0 radical (unpaired) electrons. The maximum atomic E-state index is 13.4. The number of hydroxylamine groups is 2. The fourth-order valence-electron chi connectivity index (χ4n) is 5.33. The average molecular weight is 681 g/mol. The first-order valence-electron chi connectivity index (χ1n) is 14.0. The summed E-state index contributed by atoms with van der Waals surface area (Å²) in [5, 5.41) is 19.8. The summed E-state index contributed by atoms with van der Waals surface area (Å²) >= 11 is 0.996. The van der Waals surface area contributed by atoms with Gasteiger partial charge in [0.15, 0.2) is 23.2 Å². The largest absolute Gasteiger partial charge is 0.489 e. The number of thiazole rings is 1. The molecule has 1 aromatic carbocycles. The highest BCUT2D eigenvalue weighted by Gasteiger charge is 2.57. The molecule has 2 atom stereocenters. The van der Waals surface area contributed by atoms with Gasteiger partial charge in [-0.15, -0.1) is 20.3 Å². The van der Waals surface area contributed by atoms with Crippen LogP contribution in [0.2, 0.25) is 0 Å². The van der Waals surface area contributed by atoms with Crippen molar-refractivity contribution < 1.29 is 51.0 Å². The number of hydrogen-bond acceptors (Lipinski definition) is 13. The minimum Gasteiger partial charge on any atom is -0.489 e. The zero-order chi connectivity index (χ0) is 33.6. The third kappa shape index (κ3) is 6.82. The van der Waals surface area contributed by atoms with Crippen molar-refractivity contribution >= 4 is 61.1 Å². The number of nitrogens with zero attached hydrogens (tertiary/aromatic N) is 5. The molecule has 2 aromatic heterocycles. The number of ketones is 1. The molecule has 2 saturated heterocycles. The van der Waals surface area contributed by atoms with Crippen molar-refractivity contribution in [2.24, 2.45) is 23.5 Å². The number of ether oxygens (including phenoxy) is 1. The molecule has 0 spiro atoms. The van der Waals surface area contributed by atoms with Crippen LogP contribution < -0.4 is 20.5 Å². The molecule has 0 bridgehead atoms. The molecule has 0 aliphatic carbocycles. The highest BCUT2D eigenvalue weighted by Crippen LogP contribution is 2.40. The van der Waals surface area contributed by atoms with Crippen LogP contribution in [-0.4, -0.2) is 87.5 Å². The Morgan fingerprint density at radius 1 is 1.30 bits per heavy atom. The predicted molar refractivity (Wildman–Crippen MR) is 162 cm³/mol. The van der Waals surface area contributed by atoms with E-state index in [9.17, 15) is 27.9 Å². The molecule has 2 aliphatic heterocycles. The minimum atomic E-state index is -4.98. The molecule has 5 rings (SSSR count). The van der Waals surface area contributed by atoms with Crippen molar-refractivity contribution in [1.29, 1.82) is 0 Å². The van der Waals surface area contributed by atoms with Gasteiger partial charge in [0.05, 0.1) is 29.3 Å². The van der Waals surface area contributed by atoms with E-state index in [0.717, 1.165) is 41.9 Å². The van der Waals surface area contributed by atoms with Gasteiger partial charge in [-0.3, -0.25) is 14.1 Å². The number of amides is 1. The summed E-state index contributed by atoms with van der Waals surface area (Å²) in [6.07, 6.45) is -0.125. The summed E-state index contributed by atoms with van der Waals surface area (Å²) in [4.78, 5) is 47.3. The number of β-lactam (4-membered cyclic amide) rings is 1. The molecule has 248 valence electrons. The van der Waals surface area contributed by atoms with Gasteiger partial charge in [0.2, 0.25) is 6.20 Å². The lowest BCUT2D eigenvalue weighted by atomic mass is 9.74. The summed E-state index contributed by atoms with van der Waals surface area (Å²) in [5.41, 5.74) is 5.13. The predicted octanol–water partition coefficient (Wildman–Crippen LogP) is 0.298. The summed E-state index contributed by atoms with van der Waals surface area (Å²) in [5.74, 6) is -3.72. The molecule has 3 aromatic rings. The Morgan fingerprint density at radius 2 is 2.02 bits per heavy atom. The van der Waals surface area contributed by atoms with Gasteiger partial charge in [0.25, 0.3) is 12.0 Å². The number of fused-ring (bicyclic) bond motifs is 1. The van der Waals surface area contributed by atoms with Crippen LogP contribution in [0.1, 0.15) is 32.9 Å². The summed E-state index contributed by atoms with van der Waals surface area (Å²) in [7, 11) is -3.02. The zero-order valence-corrected chi connectivity index (χ0v) is 27.0. The van der Waals surface area contributed by atoms with Crippen molar-refractivity contribution in [3.05, 3.63) is 35.5 Å². The summed E-state index contributed by atoms with van der Waals surface area (Å²) in [6.45, 7) is 7.30. The molecule has 5 N–H and O–H groups in total. The molecule has 0 saturated carbocycles. The van der Waals surface area contributed by atoms with E-state index in [2.05, 4.69) is 31.3 Å². The number of Topliss-reactive ketones (excluding diaryl/α,β-unsaturated/α-hetero) is 1.